The Kier molecular flexibility index (Phi) is 4.79. The molecule has 118 valence electrons. The van der Waals surface area contributed by atoms with Gasteiger partial charge in [0.05, 0.1) is 5.92 Å². The first-order valence-corrected chi connectivity index (χ1v) is 8.25. The number of hydrogen-bond acceptors (Lipinski definition) is 3. The molecule has 0 amide bonds. The molecular formula is C12H14ClF3N2O2S. The van der Waals surface area contributed by atoms with Crippen LogP contribution in [0.5, 0.6) is 0 Å². The first kappa shape index (κ1) is 16.5. The van der Waals surface area contributed by atoms with E-state index < -0.39 is 28.2 Å². The molecule has 1 aliphatic rings. The second-order valence-electron chi connectivity index (χ2n) is 5.04. The van der Waals surface area contributed by atoms with Crippen LogP contribution >= 0.6 is 11.6 Å². The van der Waals surface area contributed by atoms with Crippen molar-refractivity contribution in [3.8, 4) is 0 Å². The van der Waals surface area contributed by atoms with Crippen LogP contribution in [0.25, 0.3) is 0 Å². The van der Waals surface area contributed by atoms with Gasteiger partial charge in [0.1, 0.15) is 10.0 Å². The summed E-state index contributed by atoms with van der Waals surface area (Å²) < 4.78 is 64.6. The number of sulfonamides is 1. The standard InChI is InChI=1S/C12H14ClF3N2O2S/c13-11-5-4-10(7-17-11)21(19,20)18-9-3-1-2-8(6-9)12(14,15)16/h4-5,7-9,18H,1-3,6H2. The molecule has 9 heteroatoms. The van der Waals surface area contributed by atoms with Crippen LogP contribution in [-0.4, -0.2) is 25.6 Å². The second kappa shape index (κ2) is 6.10. The third kappa shape index (κ3) is 4.31. The predicted octanol–water partition coefficient (Wildman–Crippen LogP) is 3.13. The van der Waals surface area contributed by atoms with Crippen LogP contribution in [0.2, 0.25) is 5.15 Å². The third-order valence-electron chi connectivity index (χ3n) is 3.47. The number of nitrogens with one attached hydrogen (secondary N) is 1. The molecule has 2 rings (SSSR count). The Morgan fingerprint density at radius 2 is 2.00 bits per heavy atom. The van der Waals surface area contributed by atoms with Crippen molar-refractivity contribution in [3.05, 3.63) is 23.5 Å². The van der Waals surface area contributed by atoms with Gasteiger partial charge in [-0.25, -0.2) is 18.1 Å². The molecule has 1 aromatic heterocycles. The maximum absolute atomic E-state index is 12.7. The third-order valence-corrected chi connectivity index (χ3v) is 5.20. The van der Waals surface area contributed by atoms with E-state index in [-0.39, 0.29) is 22.9 Å². The van der Waals surface area contributed by atoms with Crippen molar-refractivity contribution in [1.29, 1.82) is 0 Å². The zero-order chi connectivity index (χ0) is 15.7. The van der Waals surface area contributed by atoms with E-state index in [0.717, 1.165) is 6.20 Å². The fraction of sp³-hybridized carbons (Fsp3) is 0.583. The highest BCUT2D eigenvalue weighted by molar-refractivity contribution is 7.89. The van der Waals surface area contributed by atoms with Gasteiger partial charge in [0.2, 0.25) is 10.0 Å². The van der Waals surface area contributed by atoms with Crippen LogP contribution in [0, 0.1) is 5.92 Å². The Hall–Kier alpha value is -0.860. The lowest BCUT2D eigenvalue weighted by Crippen LogP contribution is -2.41. The first-order valence-electron chi connectivity index (χ1n) is 6.39. The molecule has 1 N–H and O–H groups in total. The summed E-state index contributed by atoms with van der Waals surface area (Å²) in [5.74, 6) is -1.46. The van der Waals surface area contributed by atoms with E-state index in [1.807, 2.05) is 0 Å². The molecular weight excluding hydrogens is 329 g/mol. The number of halogens is 4. The van der Waals surface area contributed by atoms with Crippen LogP contribution in [0.3, 0.4) is 0 Å². The maximum atomic E-state index is 12.7. The molecule has 1 aromatic rings. The Labute approximate surface area is 125 Å². The van der Waals surface area contributed by atoms with Crippen LogP contribution in [0.4, 0.5) is 13.2 Å². The van der Waals surface area contributed by atoms with E-state index in [2.05, 4.69) is 9.71 Å². The highest BCUT2D eigenvalue weighted by Gasteiger charge is 2.42. The van der Waals surface area contributed by atoms with Gasteiger partial charge in [-0.3, -0.25) is 0 Å². The van der Waals surface area contributed by atoms with Crippen LogP contribution in [0.15, 0.2) is 23.2 Å². The number of aromatic nitrogens is 1. The van der Waals surface area contributed by atoms with Gasteiger partial charge in [0.15, 0.2) is 0 Å². The molecule has 21 heavy (non-hydrogen) atoms. The second-order valence-corrected chi connectivity index (χ2v) is 7.14. The fourth-order valence-electron chi connectivity index (χ4n) is 2.40. The zero-order valence-electron chi connectivity index (χ0n) is 10.9. The molecule has 4 nitrogen and oxygen atoms in total. The van der Waals surface area contributed by atoms with Crippen molar-refractivity contribution < 1.29 is 21.6 Å². The van der Waals surface area contributed by atoms with Crippen molar-refractivity contribution >= 4 is 21.6 Å². The maximum Gasteiger partial charge on any atom is 0.391 e. The van der Waals surface area contributed by atoms with Gasteiger partial charge < -0.3 is 0 Å². The summed E-state index contributed by atoms with van der Waals surface area (Å²) in [5, 5.41) is 0.142. The smallest absolute Gasteiger partial charge is 0.243 e. The van der Waals surface area contributed by atoms with E-state index in [1.54, 1.807) is 0 Å². The highest BCUT2D eigenvalue weighted by atomic mass is 35.5. The number of hydrogen-bond donors (Lipinski definition) is 1. The monoisotopic (exact) mass is 342 g/mol. The lowest BCUT2D eigenvalue weighted by molar-refractivity contribution is -0.183. The fourth-order valence-corrected chi connectivity index (χ4v) is 3.74. The van der Waals surface area contributed by atoms with Crippen molar-refractivity contribution in [2.75, 3.05) is 0 Å². The molecule has 0 spiro atoms. The topological polar surface area (TPSA) is 59.1 Å². The van der Waals surface area contributed by atoms with E-state index in [4.69, 9.17) is 11.6 Å². The number of rotatable bonds is 3. The summed E-state index contributed by atoms with van der Waals surface area (Å²) in [6.45, 7) is 0. The average molecular weight is 343 g/mol. The average Bonchev–Trinajstić information content (AvgIpc) is 2.38. The Bertz CT molecular complexity index is 590. The molecule has 1 heterocycles. The lowest BCUT2D eigenvalue weighted by atomic mass is 9.86. The van der Waals surface area contributed by atoms with E-state index in [0.29, 0.717) is 12.8 Å². The zero-order valence-corrected chi connectivity index (χ0v) is 12.5. The first-order chi connectivity index (χ1) is 9.68. The van der Waals surface area contributed by atoms with Crippen LogP contribution < -0.4 is 4.72 Å². The van der Waals surface area contributed by atoms with Gasteiger partial charge in [-0.15, -0.1) is 0 Å². The SMILES string of the molecule is O=S(=O)(NC1CCCC(C(F)(F)F)C1)c1ccc(Cl)nc1. The summed E-state index contributed by atoms with van der Waals surface area (Å²) in [6.07, 6.45) is -2.66. The minimum atomic E-state index is -4.29. The van der Waals surface area contributed by atoms with Gasteiger partial charge in [0.25, 0.3) is 0 Å². The van der Waals surface area contributed by atoms with Crippen LogP contribution in [0.1, 0.15) is 25.7 Å². The molecule has 1 fully saturated rings. The van der Waals surface area contributed by atoms with E-state index in [1.165, 1.54) is 12.1 Å². The molecule has 2 unspecified atom stereocenters. The van der Waals surface area contributed by atoms with Gasteiger partial charge in [-0.2, -0.15) is 13.2 Å². The molecule has 1 saturated carbocycles. The van der Waals surface area contributed by atoms with Crippen molar-refractivity contribution in [3.63, 3.8) is 0 Å². The Morgan fingerprint density at radius 3 is 2.57 bits per heavy atom. The van der Waals surface area contributed by atoms with Gasteiger partial charge in [0, 0.05) is 12.2 Å². The molecule has 2 atom stereocenters. The molecule has 1 aliphatic carbocycles. The van der Waals surface area contributed by atoms with Gasteiger partial charge >= 0.3 is 6.18 Å². The number of nitrogens with zero attached hydrogens (tertiary/aromatic N) is 1. The minimum Gasteiger partial charge on any atom is -0.243 e. The highest BCUT2D eigenvalue weighted by Crippen LogP contribution is 2.37. The molecule has 0 saturated heterocycles. The summed E-state index contributed by atoms with van der Waals surface area (Å²) in [4.78, 5) is 3.55. The quantitative estimate of drug-likeness (QED) is 0.858. The molecule has 0 radical (unpaired) electrons. The molecule has 0 aromatic carbocycles. The minimum absolute atomic E-state index is 0.0459. The lowest BCUT2D eigenvalue weighted by Gasteiger charge is -2.30. The number of alkyl halides is 3. The largest absolute Gasteiger partial charge is 0.391 e. The van der Waals surface area contributed by atoms with E-state index in [9.17, 15) is 21.6 Å². The summed E-state index contributed by atoms with van der Waals surface area (Å²) in [7, 11) is -3.88. The van der Waals surface area contributed by atoms with Gasteiger partial charge in [-0.1, -0.05) is 18.0 Å². The summed E-state index contributed by atoms with van der Waals surface area (Å²) in [5.41, 5.74) is 0. The summed E-state index contributed by atoms with van der Waals surface area (Å²) >= 11 is 5.57. The van der Waals surface area contributed by atoms with E-state index >= 15 is 0 Å². The van der Waals surface area contributed by atoms with Crippen LogP contribution in [-0.2, 0) is 10.0 Å². The van der Waals surface area contributed by atoms with Gasteiger partial charge in [-0.05, 0) is 31.4 Å². The predicted molar refractivity (Wildman–Crippen MR) is 71.4 cm³/mol. The van der Waals surface area contributed by atoms with Crippen molar-refractivity contribution in [2.45, 2.75) is 42.8 Å². The molecule has 0 aliphatic heterocycles. The normalized spacial score (nSPS) is 24.0. The summed E-state index contributed by atoms with van der Waals surface area (Å²) in [6, 6.07) is 1.86. The van der Waals surface area contributed by atoms with Crippen molar-refractivity contribution in [2.24, 2.45) is 5.92 Å². The molecule has 0 bridgehead atoms. The van der Waals surface area contributed by atoms with Crippen molar-refractivity contribution in [1.82, 2.24) is 9.71 Å². The Balaban J connectivity index is 2.08. The Morgan fingerprint density at radius 1 is 1.29 bits per heavy atom. The number of pyridine rings is 1.